The Bertz CT molecular complexity index is 463. The van der Waals surface area contributed by atoms with Crippen LogP contribution >= 0.6 is 0 Å². The second kappa shape index (κ2) is 4.65. The Hall–Kier alpha value is -1.33. The summed E-state index contributed by atoms with van der Waals surface area (Å²) in [5, 5.41) is 0. The quantitative estimate of drug-likeness (QED) is 0.785. The van der Waals surface area contributed by atoms with Gasteiger partial charge >= 0.3 is 7.12 Å². The highest BCUT2D eigenvalue weighted by atomic mass is 16.7. The van der Waals surface area contributed by atoms with Crippen LogP contribution in [0.4, 0.5) is 0 Å². The lowest BCUT2D eigenvalue weighted by molar-refractivity contribution is 0.00578. The van der Waals surface area contributed by atoms with Crippen molar-refractivity contribution < 1.29 is 18.8 Å². The van der Waals surface area contributed by atoms with Gasteiger partial charge in [0.25, 0.3) is 0 Å². The third-order valence-corrected chi connectivity index (χ3v) is 3.84. The zero-order valence-corrected chi connectivity index (χ0v) is 12.0. The highest BCUT2D eigenvalue weighted by molar-refractivity contribution is 6.84. The average molecular weight is 262 g/mol. The van der Waals surface area contributed by atoms with E-state index < -0.39 is 18.3 Å². The number of hydrogen-bond donors (Lipinski definition) is 0. The van der Waals surface area contributed by atoms with Gasteiger partial charge < -0.3 is 14.0 Å². The minimum atomic E-state index is -0.849. The maximum Gasteiger partial charge on any atom is 0.538 e. The van der Waals surface area contributed by atoms with Crippen LogP contribution in [0.15, 0.2) is 24.3 Å². The van der Waals surface area contributed by atoms with E-state index >= 15 is 0 Å². The standard InChI is InChI=1S/C14H19BO4/c1-13(2)14(3,4)19-15(18-13)12(16)10-6-8-11(17-5)9-7-10/h6-9H,1-5H3. The smallest absolute Gasteiger partial charge is 0.497 e. The molecule has 0 spiro atoms. The molecule has 0 unspecified atom stereocenters. The van der Waals surface area contributed by atoms with Gasteiger partial charge in [-0.15, -0.1) is 0 Å². The van der Waals surface area contributed by atoms with Crippen molar-refractivity contribution in [3.05, 3.63) is 29.8 Å². The fourth-order valence-electron chi connectivity index (χ4n) is 1.84. The van der Waals surface area contributed by atoms with E-state index in [0.717, 1.165) is 0 Å². The molecule has 0 N–H and O–H groups in total. The molecule has 1 fully saturated rings. The van der Waals surface area contributed by atoms with E-state index in [2.05, 4.69) is 0 Å². The Morgan fingerprint density at radius 3 is 1.95 bits per heavy atom. The summed E-state index contributed by atoms with van der Waals surface area (Å²) in [5.74, 6) is 0.713. The Labute approximate surface area is 114 Å². The Kier molecular flexibility index (Phi) is 3.45. The van der Waals surface area contributed by atoms with E-state index in [0.29, 0.717) is 11.3 Å². The number of methoxy groups -OCH3 is 1. The largest absolute Gasteiger partial charge is 0.538 e. The van der Waals surface area contributed by atoms with Crippen LogP contribution in [0.5, 0.6) is 5.75 Å². The third-order valence-electron chi connectivity index (χ3n) is 3.84. The molecule has 5 heteroatoms. The second-order valence-electron chi connectivity index (χ2n) is 5.68. The van der Waals surface area contributed by atoms with E-state index in [-0.39, 0.29) is 5.68 Å². The first-order chi connectivity index (χ1) is 8.77. The first-order valence-electron chi connectivity index (χ1n) is 6.31. The summed E-state index contributed by atoms with van der Waals surface area (Å²) in [6.07, 6.45) is 0. The molecule has 1 aromatic rings. The number of carbonyl (C=O) groups excluding carboxylic acids is 1. The molecule has 1 aromatic carbocycles. The molecule has 0 aromatic heterocycles. The summed E-state index contributed by atoms with van der Waals surface area (Å²) in [6.45, 7) is 7.70. The van der Waals surface area contributed by atoms with Gasteiger partial charge in [-0.2, -0.15) is 0 Å². The van der Waals surface area contributed by atoms with Gasteiger partial charge in [-0.05, 0) is 52.0 Å². The van der Waals surface area contributed by atoms with Gasteiger partial charge in [0, 0.05) is 5.56 Å². The van der Waals surface area contributed by atoms with Crippen LogP contribution in [0, 0.1) is 0 Å². The molecule has 4 nitrogen and oxygen atoms in total. The maximum absolute atomic E-state index is 12.3. The SMILES string of the molecule is COc1ccc(C(=O)B2OC(C)(C)C(C)(C)O2)cc1. The highest BCUT2D eigenvalue weighted by Gasteiger charge is 2.54. The number of rotatable bonds is 3. The van der Waals surface area contributed by atoms with Crippen LogP contribution < -0.4 is 4.74 Å². The van der Waals surface area contributed by atoms with E-state index in [1.165, 1.54) is 0 Å². The van der Waals surface area contributed by atoms with Crippen molar-refractivity contribution >= 4 is 12.8 Å². The van der Waals surface area contributed by atoms with Crippen molar-refractivity contribution in [3.8, 4) is 5.75 Å². The maximum atomic E-state index is 12.3. The molecule has 0 saturated carbocycles. The molecule has 102 valence electrons. The van der Waals surface area contributed by atoms with Crippen LogP contribution in [0.1, 0.15) is 38.1 Å². The molecule has 0 atom stereocenters. The van der Waals surface area contributed by atoms with Gasteiger partial charge in [-0.3, -0.25) is 4.79 Å². The third kappa shape index (κ3) is 2.53. The molecule has 0 bridgehead atoms. The van der Waals surface area contributed by atoms with Crippen molar-refractivity contribution in [1.82, 2.24) is 0 Å². The lowest BCUT2D eigenvalue weighted by Crippen LogP contribution is -2.41. The van der Waals surface area contributed by atoms with Crippen LogP contribution in [-0.2, 0) is 9.31 Å². The van der Waals surface area contributed by atoms with Gasteiger partial charge in [-0.25, -0.2) is 0 Å². The number of benzene rings is 1. The van der Waals surface area contributed by atoms with Crippen molar-refractivity contribution in [1.29, 1.82) is 0 Å². The summed E-state index contributed by atoms with van der Waals surface area (Å²) in [5.41, 5.74) is -0.611. The predicted molar refractivity (Wildman–Crippen MR) is 73.4 cm³/mol. The summed E-state index contributed by atoms with van der Waals surface area (Å²) in [4.78, 5) is 12.3. The van der Waals surface area contributed by atoms with E-state index in [1.807, 2.05) is 27.7 Å². The second-order valence-corrected chi connectivity index (χ2v) is 5.68. The highest BCUT2D eigenvalue weighted by Crippen LogP contribution is 2.37. The minimum Gasteiger partial charge on any atom is -0.497 e. The number of hydrogen-bond acceptors (Lipinski definition) is 4. The van der Waals surface area contributed by atoms with E-state index in [9.17, 15) is 4.79 Å². The first kappa shape index (κ1) is 14.1. The summed E-state index contributed by atoms with van der Waals surface area (Å²) >= 11 is 0. The van der Waals surface area contributed by atoms with Gasteiger partial charge in [0.2, 0.25) is 0 Å². The van der Waals surface area contributed by atoms with Crippen LogP contribution in [-0.4, -0.2) is 31.1 Å². The zero-order chi connectivity index (χ0) is 14.3. The molecule has 1 saturated heterocycles. The molecular weight excluding hydrogens is 243 g/mol. The van der Waals surface area contributed by atoms with Crippen molar-refractivity contribution in [2.75, 3.05) is 7.11 Å². The van der Waals surface area contributed by atoms with Gasteiger partial charge in [0.1, 0.15) is 5.75 Å². The fraction of sp³-hybridized carbons (Fsp3) is 0.500. The van der Waals surface area contributed by atoms with E-state index in [4.69, 9.17) is 14.0 Å². The molecular formula is C14H19BO4. The van der Waals surface area contributed by atoms with Gasteiger partial charge in [-0.1, -0.05) is 0 Å². The summed E-state index contributed by atoms with van der Waals surface area (Å²) in [7, 11) is 0.740. The minimum absolute atomic E-state index is 0.165. The summed E-state index contributed by atoms with van der Waals surface area (Å²) in [6, 6.07) is 6.93. The van der Waals surface area contributed by atoms with Crippen molar-refractivity contribution in [2.24, 2.45) is 0 Å². The molecule has 1 aliphatic rings. The molecule has 1 aliphatic heterocycles. The number of ether oxygens (including phenoxy) is 1. The molecule has 0 radical (unpaired) electrons. The summed E-state index contributed by atoms with van der Waals surface area (Å²) < 4.78 is 16.5. The zero-order valence-electron chi connectivity index (χ0n) is 12.0. The average Bonchev–Trinajstić information content (AvgIpc) is 2.58. The lowest BCUT2D eigenvalue weighted by Gasteiger charge is -2.32. The molecule has 2 rings (SSSR count). The normalized spacial score (nSPS) is 20.4. The predicted octanol–water partition coefficient (Wildman–Crippen LogP) is 2.51. The molecule has 0 amide bonds. The van der Waals surface area contributed by atoms with Crippen LogP contribution in [0.25, 0.3) is 0 Å². The Morgan fingerprint density at radius 1 is 1.05 bits per heavy atom. The van der Waals surface area contributed by atoms with Crippen LogP contribution in [0.3, 0.4) is 0 Å². The van der Waals surface area contributed by atoms with Gasteiger partial charge in [0.15, 0.2) is 5.68 Å². The Balaban J connectivity index is 2.17. The topological polar surface area (TPSA) is 44.8 Å². The molecule has 0 aliphatic carbocycles. The lowest BCUT2D eigenvalue weighted by atomic mass is 9.79. The van der Waals surface area contributed by atoms with Gasteiger partial charge in [0.05, 0.1) is 18.3 Å². The fourth-order valence-corrected chi connectivity index (χ4v) is 1.84. The monoisotopic (exact) mass is 262 g/mol. The first-order valence-corrected chi connectivity index (χ1v) is 6.31. The Morgan fingerprint density at radius 2 is 1.53 bits per heavy atom. The molecule has 1 heterocycles. The van der Waals surface area contributed by atoms with Crippen molar-refractivity contribution in [3.63, 3.8) is 0 Å². The number of carbonyl (C=O) groups is 1. The van der Waals surface area contributed by atoms with Crippen LogP contribution in [0.2, 0.25) is 0 Å². The van der Waals surface area contributed by atoms with Crippen molar-refractivity contribution in [2.45, 2.75) is 38.9 Å². The van der Waals surface area contributed by atoms with E-state index in [1.54, 1.807) is 31.4 Å². The molecule has 19 heavy (non-hydrogen) atoms.